The number of alkyl carbamates (subject to hydrolysis) is 1. The van der Waals surface area contributed by atoms with Gasteiger partial charge in [0.1, 0.15) is 6.61 Å². The van der Waals surface area contributed by atoms with E-state index in [0.29, 0.717) is 13.0 Å². The van der Waals surface area contributed by atoms with Crippen molar-refractivity contribution in [2.45, 2.75) is 13.0 Å². The summed E-state index contributed by atoms with van der Waals surface area (Å²) in [7, 11) is 0. The Morgan fingerprint density at radius 1 is 1.23 bits per heavy atom. The van der Waals surface area contributed by atoms with Crippen LogP contribution in [0.4, 0.5) is 10.7 Å². The molecule has 0 spiro atoms. The molecular formula is C16H18N4O2. The summed E-state index contributed by atoms with van der Waals surface area (Å²) in [5, 5.41) is 2.68. The molecular weight excluding hydrogens is 280 g/mol. The number of ether oxygens (including phenoxy) is 1. The molecule has 6 nitrogen and oxygen atoms in total. The van der Waals surface area contributed by atoms with E-state index in [1.165, 1.54) is 0 Å². The third-order valence-corrected chi connectivity index (χ3v) is 2.80. The summed E-state index contributed by atoms with van der Waals surface area (Å²) in [4.78, 5) is 19.3. The van der Waals surface area contributed by atoms with E-state index in [-0.39, 0.29) is 12.6 Å². The first kappa shape index (κ1) is 15.5. The summed E-state index contributed by atoms with van der Waals surface area (Å²) >= 11 is 0. The van der Waals surface area contributed by atoms with Crippen molar-refractivity contribution in [3.05, 3.63) is 59.9 Å². The van der Waals surface area contributed by atoms with Crippen molar-refractivity contribution in [1.29, 1.82) is 0 Å². The molecule has 0 unspecified atom stereocenters. The van der Waals surface area contributed by atoms with Gasteiger partial charge in [-0.1, -0.05) is 42.5 Å². The van der Waals surface area contributed by atoms with Crippen LogP contribution in [0, 0.1) is 0 Å². The predicted octanol–water partition coefficient (Wildman–Crippen LogP) is 2.39. The molecule has 1 heterocycles. The standard InChI is InChI=1S/C16H18N4O2/c17-15-19-10-14(11-20-15)8-4-5-9-18-16(21)22-12-13-6-2-1-3-7-13/h1-4,6-8,10-11H,5,9,12H2,(H,18,21)(H2,17,19,20). The van der Waals surface area contributed by atoms with Crippen molar-refractivity contribution < 1.29 is 9.53 Å². The Labute approximate surface area is 129 Å². The zero-order chi connectivity index (χ0) is 15.6. The van der Waals surface area contributed by atoms with Crippen LogP contribution in [0.15, 0.2) is 48.8 Å². The van der Waals surface area contributed by atoms with Crippen LogP contribution in [0.2, 0.25) is 0 Å². The number of nitrogens with zero attached hydrogens (tertiary/aromatic N) is 2. The number of benzene rings is 1. The number of carbonyl (C=O) groups is 1. The molecule has 0 atom stereocenters. The van der Waals surface area contributed by atoms with Crippen LogP contribution in [0.5, 0.6) is 0 Å². The fourth-order valence-electron chi connectivity index (χ4n) is 1.69. The molecule has 1 aromatic heterocycles. The van der Waals surface area contributed by atoms with Gasteiger partial charge in [-0.3, -0.25) is 0 Å². The molecule has 0 aliphatic carbocycles. The van der Waals surface area contributed by atoms with Gasteiger partial charge >= 0.3 is 6.09 Å². The predicted molar refractivity (Wildman–Crippen MR) is 84.7 cm³/mol. The lowest BCUT2D eigenvalue weighted by Crippen LogP contribution is -2.24. The van der Waals surface area contributed by atoms with E-state index in [1.807, 2.05) is 42.5 Å². The number of amides is 1. The van der Waals surface area contributed by atoms with E-state index < -0.39 is 6.09 Å². The molecule has 0 saturated carbocycles. The lowest BCUT2D eigenvalue weighted by Gasteiger charge is -2.05. The summed E-state index contributed by atoms with van der Waals surface area (Å²) < 4.78 is 5.10. The van der Waals surface area contributed by atoms with Gasteiger partial charge < -0.3 is 15.8 Å². The Kier molecular flexibility index (Phi) is 5.92. The minimum atomic E-state index is -0.423. The molecule has 2 rings (SSSR count). The highest BCUT2D eigenvalue weighted by Gasteiger charge is 2.00. The second kappa shape index (κ2) is 8.41. The number of aromatic nitrogens is 2. The third kappa shape index (κ3) is 5.62. The summed E-state index contributed by atoms with van der Waals surface area (Å²) in [6, 6.07) is 9.54. The van der Waals surface area contributed by atoms with Gasteiger partial charge in [-0.2, -0.15) is 0 Å². The largest absolute Gasteiger partial charge is 0.445 e. The monoisotopic (exact) mass is 298 g/mol. The van der Waals surface area contributed by atoms with E-state index in [1.54, 1.807) is 12.4 Å². The van der Waals surface area contributed by atoms with Crippen LogP contribution in [0.25, 0.3) is 6.08 Å². The first-order chi connectivity index (χ1) is 10.7. The zero-order valence-corrected chi connectivity index (χ0v) is 12.1. The highest BCUT2D eigenvalue weighted by molar-refractivity contribution is 5.67. The summed E-state index contributed by atoms with van der Waals surface area (Å²) in [5.41, 5.74) is 7.22. The molecule has 0 bridgehead atoms. The normalized spacial score (nSPS) is 10.5. The van der Waals surface area contributed by atoms with Gasteiger partial charge in [-0.15, -0.1) is 0 Å². The Balaban J connectivity index is 1.61. The van der Waals surface area contributed by atoms with Crippen LogP contribution in [-0.4, -0.2) is 22.6 Å². The van der Waals surface area contributed by atoms with E-state index >= 15 is 0 Å². The van der Waals surface area contributed by atoms with Gasteiger partial charge in [0.15, 0.2) is 0 Å². The highest BCUT2D eigenvalue weighted by Crippen LogP contribution is 2.01. The summed E-state index contributed by atoms with van der Waals surface area (Å²) in [6.45, 7) is 0.769. The number of hydrogen-bond donors (Lipinski definition) is 2. The molecule has 1 amide bonds. The maximum atomic E-state index is 11.5. The number of nitrogens with one attached hydrogen (secondary N) is 1. The van der Waals surface area contributed by atoms with E-state index in [2.05, 4.69) is 15.3 Å². The Morgan fingerprint density at radius 2 is 1.95 bits per heavy atom. The number of anilines is 1. The van der Waals surface area contributed by atoms with Crippen LogP contribution >= 0.6 is 0 Å². The van der Waals surface area contributed by atoms with Crippen molar-refractivity contribution >= 4 is 18.1 Å². The molecule has 6 heteroatoms. The van der Waals surface area contributed by atoms with Gasteiger partial charge in [0.2, 0.25) is 5.95 Å². The van der Waals surface area contributed by atoms with Crippen molar-refractivity contribution in [3.8, 4) is 0 Å². The van der Waals surface area contributed by atoms with Crippen LogP contribution in [-0.2, 0) is 11.3 Å². The number of hydrogen-bond acceptors (Lipinski definition) is 5. The Hall–Kier alpha value is -2.89. The van der Waals surface area contributed by atoms with Crippen molar-refractivity contribution in [2.24, 2.45) is 0 Å². The minimum Gasteiger partial charge on any atom is -0.445 e. The molecule has 0 saturated heterocycles. The van der Waals surface area contributed by atoms with Gasteiger partial charge in [0.25, 0.3) is 0 Å². The molecule has 0 fully saturated rings. The molecule has 2 aromatic rings. The molecule has 3 N–H and O–H groups in total. The van der Waals surface area contributed by atoms with Crippen molar-refractivity contribution in [1.82, 2.24) is 15.3 Å². The van der Waals surface area contributed by atoms with Crippen molar-refractivity contribution in [3.63, 3.8) is 0 Å². The number of nitrogens with two attached hydrogens (primary N) is 1. The fraction of sp³-hybridized carbons (Fsp3) is 0.188. The highest BCUT2D eigenvalue weighted by atomic mass is 16.5. The van der Waals surface area contributed by atoms with E-state index in [0.717, 1.165) is 11.1 Å². The average molecular weight is 298 g/mol. The molecule has 22 heavy (non-hydrogen) atoms. The van der Waals surface area contributed by atoms with Gasteiger partial charge in [0.05, 0.1) is 0 Å². The average Bonchev–Trinajstić information content (AvgIpc) is 2.55. The van der Waals surface area contributed by atoms with E-state index in [4.69, 9.17) is 10.5 Å². The fourth-order valence-corrected chi connectivity index (χ4v) is 1.69. The van der Waals surface area contributed by atoms with Crippen LogP contribution < -0.4 is 11.1 Å². The third-order valence-electron chi connectivity index (χ3n) is 2.80. The molecule has 0 aliphatic heterocycles. The lowest BCUT2D eigenvalue weighted by atomic mass is 10.2. The quantitative estimate of drug-likeness (QED) is 0.799. The minimum absolute atomic E-state index is 0.250. The topological polar surface area (TPSA) is 90.1 Å². The first-order valence-corrected chi connectivity index (χ1v) is 6.92. The maximum Gasteiger partial charge on any atom is 0.407 e. The van der Waals surface area contributed by atoms with Crippen LogP contribution in [0.1, 0.15) is 17.5 Å². The Bertz CT molecular complexity index is 612. The summed E-state index contributed by atoms with van der Waals surface area (Å²) in [6.07, 6.45) is 7.34. The van der Waals surface area contributed by atoms with Gasteiger partial charge in [-0.05, 0) is 12.0 Å². The first-order valence-electron chi connectivity index (χ1n) is 6.92. The number of rotatable bonds is 6. The second-order valence-corrected chi connectivity index (χ2v) is 4.55. The van der Waals surface area contributed by atoms with E-state index in [9.17, 15) is 4.79 Å². The maximum absolute atomic E-state index is 11.5. The van der Waals surface area contributed by atoms with Gasteiger partial charge in [-0.25, -0.2) is 14.8 Å². The summed E-state index contributed by atoms with van der Waals surface area (Å²) in [5.74, 6) is 0.250. The smallest absolute Gasteiger partial charge is 0.407 e. The van der Waals surface area contributed by atoms with Crippen molar-refractivity contribution in [2.75, 3.05) is 12.3 Å². The number of carbonyl (C=O) groups excluding carboxylic acids is 1. The zero-order valence-electron chi connectivity index (χ0n) is 12.1. The molecule has 0 aliphatic rings. The number of nitrogen functional groups attached to an aromatic ring is 1. The SMILES string of the molecule is Nc1ncc(C=CCCNC(=O)OCc2ccccc2)cn1. The molecule has 1 aromatic carbocycles. The molecule has 0 radical (unpaired) electrons. The lowest BCUT2D eigenvalue weighted by molar-refractivity contribution is 0.140. The van der Waals surface area contributed by atoms with Crippen LogP contribution in [0.3, 0.4) is 0 Å². The Morgan fingerprint density at radius 3 is 2.68 bits per heavy atom. The molecule has 114 valence electrons. The second-order valence-electron chi connectivity index (χ2n) is 4.55. The van der Waals surface area contributed by atoms with Gasteiger partial charge in [0, 0.05) is 24.5 Å².